The Kier molecular flexibility index (Phi) is 8.05. The topological polar surface area (TPSA) is 83.0 Å². The minimum absolute atomic E-state index is 0.0995. The summed E-state index contributed by atoms with van der Waals surface area (Å²) in [5, 5.41) is 2.42. The van der Waals surface area contributed by atoms with Crippen molar-refractivity contribution in [2.24, 2.45) is 4.99 Å². The number of urea groups is 2. The van der Waals surface area contributed by atoms with Gasteiger partial charge in [0.1, 0.15) is 0 Å². The molecule has 0 radical (unpaired) electrons. The third kappa shape index (κ3) is 9.48. The van der Waals surface area contributed by atoms with E-state index in [0.29, 0.717) is 6.61 Å². The Balaban J connectivity index is 4.57. The van der Waals surface area contributed by atoms with Crippen LogP contribution < -0.4 is 10.0 Å². The van der Waals surface area contributed by atoms with E-state index in [1.807, 2.05) is 27.7 Å². The molecule has 0 heterocycles. The van der Waals surface area contributed by atoms with Crippen molar-refractivity contribution in [1.82, 2.24) is 14.9 Å². The molecular weight excluding hydrogens is 280 g/mol. The summed E-state index contributed by atoms with van der Waals surface area (Å²) in [6.07, 6.45) is 0.745. The highest BCUT2D eigenvalue weighted by atomic mass is 32.2. The van der Waals surface area contributed by atoms with Crippen LogP contribution in [0.5, 0.6) is 0 Å². The fraction of sp³-hybridized carbons (Fsp3) is 0.750. The van der Waals surface area contributed by atoms with E-state index in [4.69, 9.17) is 4.74 Å². The molecule has 0 aliphatic rings. The molecule has 7 nitrogen and oxygen atoms in total. The van der Waals surface area contributed by atoms with Crippen LogP contribution >= 0.6 is 11.9 Å². The number of amidine groups is 1. The molecule has 4 amide bonds. The molecule has 0 aliphatic heterocycles. The van der Waals surface area contributed by atoms with Gasteiger partial charge in [0.15, 0.2) is 0 Å². The minimum Gasteiger partial charge on any atom is -0.465 e. The van der Waals surface area contributed by atoms with Crippen molar-refractivity contribution < 1.29 is 14.3 Å². The number of nitrogens with zero attached hydrogens (tertiary/aromatic N) is 2. The molecule has 0 aromatic carbocycles. The highest BCUT2D eigenvalue weighted by Crippen LogP contribution is 2.18. The molecule has 0 atom stereocenters. The van der Waals surface area contributed by atoms with Gasteiger partial charge in [-0.25, -0.2) is 9.59 Å². The van der Waals surface area contributed by atoms with E-state index in [2.05, 4.69) is 15.0 Å². The zero-order valence-corrected chi connectivity index (χ0v) is 13.8. The first kappa shape index (κ1) is 18.6. The van der Waals surface area contributed by atoms with Crippen LogP contribution in [-0.2, 0) is 4.74 Å². The summed E-state index contributed by atoms with van der Waals surface area (Å²) >= 11 is 1.26. The first-order chi connectivity index (χ1) is 9.15. The second-order valence-electron chi connectivity index (χ2n) is 5.21. The molecule has 0 saturated carbocycles. The monoisotopic (exact) mass is 304 g/mol. The standard InChI is InChI=1S/C12H24N4O3S/c1-7-8-19-10(14-11(18)16(5)6)13-9(17)15-20-12(2,3)4/h7-8H2,1-6H3,(H2,13,14,15,17,18). The van der Waals surface area contributed by atoms with Gasteiger partial charge < -0.3 is 9.64 Å². The van der Waals surface area contributed by atoms with Crippen molar-refractivity contribution in [3.63, 3.8) is 0 Å². The normalized spacial score (nSPS) is 11.8. The Morgan fingerprint density at radius 2 is 1.90 bits per heavy atom. The van der Waals surface area contributed by atoms with Gasteiger partial charge in [0.25, 0.3) is 0 Å². The smallest absolute Gasteiger partial charge is 0.347 e. The van der Waals surface area contributed by atoms with E-state index in [-0.39, 0.29) is 10.8 Å². The number of carbonyl (C=O) groups is 2. The number of aliphatic imine (C=N–C) groups is 1. The van der Waals surface area contributed by atoms with Crippen molar-refractivity contribution in [2.75, 3.05) is 20.7 Å². The van der Waals surface area contributed by atoms with Gasteiger partial charge in [-0.15, -0.1) is 4.99 Å². The fourth-order valence-corrected chi connectivity index (χ4v) is 1.25. The molecule has 0 saturated heterocycles. The maximum absolute atomic E-state index is 11.7. The Morgan fingerprint density at radius 3 is 2.35 bits per heavy atom. The van der Waals surface area contributed by atoms with Crippen molar-refractivity contribution in [3.8, 4) is 0 Å². The summed E-state index contributed by atoms with van der Waals surface area (Å²) in [4.78, 5) is 28.2. The lowest BCUT2D eigenvalue weighted by molar-refractivity contribution is 0.224. The molecule has 0 aromatic heterocycles. The first-order valence-corrected chi connectivity index (χ1v) is 7.15. The van der Waals surface area contributed by atoms with Crippen LogP contribution in [0.3, 0.4) is 0 Å². The number of hydrogen-bond donors (Lipinski definition) is 2. The van der Waals surface area contributed by atoms with Crippen molar-refractivity contribution in [3.05, 3.63) is 0 Å². The first-order valence-electron chi connectivity index (χ1n) is 6.33. The summed E-state index contributed by atoms with van der Waals surface area (Å²) in [5.41, 5.74) is 0. The quantitative estimate of drug-likeness (QED) is 0.475. The van der Waals surface area contributed by atoms with Crippen LogP contribution in [0.15, 0.2) is 4.99 Å². The Hall–Kier alpha value is -1.44. The summed E-state index contributed by atoms with van der Waals surface area (Å²) < 4.78 is 7.74. The van der Waals surface area contributed by atoms with Gasteiger partial charge in [-0.05, 0) is 39.1 Å². The molecule has 0 fully saturated rings. The van der Waals surface area contributed by atoms with E-state index in [0.717, 1.165) is 6.42 Å². The summed E-state index contributed by atoms with van der Waals surface area (Å²) in [7, 11) is 3.14. The number of carbonyl (C=O) groups excluding carboxylic acids is 2. The average Bonchev–Trinajstić information content (AvgIpc) is 2.32. The predicted octanol–water partition coefficient (Wildman–Crippen LogP) is 2.20. The van der Waals surface area contributed by atoms with Crippen molar-refractivity contribution >= 4 is 30.0 Å². The van der Waals surface area contributed by atoms with Gasteiger partial charge >= 0.3 is 18.1 Å². The summed E-state index contributed by atoms with van der Waals surface area (Å²) in [6.45, 7) is 8.19. The maximum Gasteiger partial charge on any atom is 0.347 e. The zero-order valence-electron chi connectivity index (χ0n) is 12.9. The molecule has 0 rings (SSSR count). The van der Waals surface area contributed by atoms with Crippen LogP contribution in [0.2, 0.25) is 0 Å². The van der Waals surface area contributed by atoms with E-state index < -0.39 is 12.1 Å². The molecule has 116 valence electrons. The second-order valence-corrected chi connectivity index (χ2v) is 6.85. The van der Waals surface area contributed by atoms with Gasteiger partial charge in [0.05, 0.1) is 6.61 Å². The highest BCUT2D eigenvalue weighted by molar-refractivity contribution is 7.99. The van der Waals surface area contributed by atoms with Crippen molar-refractivity contribution in [2.45, 2.75) is 38.9 Å². The third-order valence-electron chi connectivity index (χ3n) is 1.69. The number of hydrogen-bond acceptors (Lipinski definition) is 4. The van der Waals surface area contributed by atoms with E-state index >= 15 is 0 Å². The summed E-state index contributed by atoms with van der Waals surface area (Å²) in [5.74, 6) is 0. The SMILES string of the molecule is CCCOC(=NC(=O)N(C)C)NC(=O)NSC(C)(C)C. The van der Waals surface area contributed by atoms with Crippen molar-refractivity contribution in [1.29, 1.82) is 0 Å². The average molecular weight is 304 g/mol. The molecule has 2 N–H and O–H groups in total. The number of amides is 4. The maximum atomic E-state index is 11.7. The van der Waals surface area contributed by atoms with E-state index in [9.17, 15) is 9.59 Å². The van der Waals surface area contributed by atoms with Crippen LogP contribution in [0.4, 0.5) is 9.59 Å². The van der Waals surface area contributed by atoms with Gasteiger partial charge in [0.2, 0.25) is 0 Å². The van der Waals surface area contributed by atoms with Gasteiger partial charge in [-0.1, -0.05) is 6.92 Å². The molecule has 20 heavy (non-hydrogen) atoms. The highest BCUT2D eigenvalue weighted by Gasteiger charge is 2.15. The lowest BCUT2D eigenvalue weighted by atomic mass is 10.3. The number of rotatable bonds is 3. The minimum atomic E-state index is -0.500. The Labute approximate surface area is 124 Å². The van der Waals surface area contributed by atoms with E-state index in [1.54, 1.807) is 14.1 Å². The van der Waals surface area contributed by atoms with Crippen LogP contribution in [0.25, 0.3) is 0 Å². The Bertz CT molecular complexity index is 364. The lowest BCUT2D eigenvalue weighted by Gasteiger charge is -2.18. The summed E-state index contributed by atoms with van der Waals surface area (Å²) in [6, 6.07) is -1.08. The van der Waals surface area contributed by atoms with Crippen LogP contribution in [0.1, 0.15) is 34.1 Å². The van der Waals surface area contributed by atoms with Gasteiger partial charge in [-0.3, -0.25) is 10.0 Å². The largest absolute Gasteiger partial charge is 0.465 e. The number of ether oxygens (including phenoxy) is 1. The second kappa shape index (κ2) is 8.68. The lowest BCUT2D eigenvalue weighted by Crippen LogP contribution is -2.40. The van der Waals surface area contributed by atoms with Gasteiger partial charge in [0, 0.05) is 18.8 Å². The molecule has 0 aliphatic carbocycles. The molecule has 0 spiro atoms. The van der Waals surface area contributed by atoms with Crippen LogP contribution in [-0.4, -0.2) is 48.4 Å². The third-order valence-corrected chi connectivity index (χ3v) is 2.59. The van der Waals surface area contributed by atoms with Crippen LogP contribution in [0, 0.1) is 0 Å². The van der Waals surface area contributed by atoms with Gasteiger partial charge in [-0.2, -0.15) is 0 Å². The molecule has 8 heteroatoms. The zero-order chi connectivity index (χ0) is 15.8. The molecule has 0 aromatic rings. The molecule has 0 unspecified atom stereocenters. The molecular formula is C12H24N4O3S. The number of nitrogens with one attached hydrogen (secondary N) is 2. The predicted molar refractivity (Wildman–Crippen MR) is 81.8 cm³/mol. The van der Waals surface area contributed by atoms with E-state index in [1.165, 1.54) is 16.8 Å². The molecule has 0 bridgehead atoms. The Morgan fingerprint density at radius 1 is 1.30 bits per heavy atom. The fourth-order valence-electron chi connectivity index (χ4n) is 0.804.